The summed E-state index contributed by atoms with van der Waals surface area (Å²) in [5.74, 6) is 0.0201. The number of nitrogens with zero attached hydrogens (tertiary/aromatic N) is 2. The summed E-state index contributed by atoms with van der Waals surface area (Å²) in [4.78, 5) is 19.9. The van der Waals surface area contributed by atoms with Crippen molar-refractivity contribution in [1.29, 1.82) is 0 Å². The molecule has 0 atom stereocenters. The molecule has 1 fully saturated rings. The normalized spacial score (nSPS) is 15.3. The summed E-state index contributed by atoms with van der Waals surface area (Å²) >= 11 is 1.58. The minimum atomic E-state index is -0.930. The maximum Gasteiger partial charge on any atom is 0.340 e. The summed E-state index contributed by atoms with van der Waals surface area (Å²) in [5, 5.41) is 10.4. The van der Waals surface area contributed by atoms with Crippen molar-refractivity contribution in [2.24, 2.45) is 0 Å². The molecular formula is C12H16N2O2S. The molecule has 0 spiro atoms. The van der Waals surface area contributed by atoms with Crippen LogP contribution in [0, 0.1) is 6.92 Å². The van der Waals surface area contributed by atoms with Crippen LogP contribution in [-0.2, 0) is 0 Å². The number of hydrogen-bond donors (Lipinski definition) is 1. The molecule has 1 saturated carbocycles. The average Bonchev–Trinajstić information content (AvgIpc) is 2.99. The molecule has 0 saturated heterocycles. The van der Waals surface area contributed by atoms with E-state index in [9.17, 15) is 9.90 Å². The largest absolute Gasteiger partial charge is 0.478 e. The van der Waals surface area contributed by atoms with Gasteiger partial charge in [-0.05, 0) is 19.8 Å². The highest BCUT2D eigenvalue weighted by Crippen LogP contribution is 2.40. The van der Waals surface area contributed by atoms with Crippen LogP contribution in [0.25, 0.3) is 0 Å². The lowest BCUT2D eigenvalue weighted by atomic mass is 10.2. The monoisotopic (exact) mass is 252 g/mol. The number of hydrogen-bond acceptors (Lipinski definition) is 4. The van der Waals surface area contributed by atoms with E-state index in [0.717, 1.165) is 18.7 Å². The lowest BCUT2D eigenvalue weighted by molar-refractivity contribution is 0.0690. The van der Waals surface area contributed by atoms with E-state index in [2.05, 4.69) is 9.97 Å². The number of aryl methyl sites for hydroxylation is 1. The Balaban J connectivity index is 2.45. The van der Waals surface area contributed by atoms with Gasteiger partial charge in [-0.25, -0.2) is 14.8 Å². The molecule has 1 N–H and O–H groups in total. The van der Waals surface area contributed by atoms with Crippen molar-refractivity contribution in [2.45, 2.75) is 49.8 Å². The fraction of sp³-hybridized carbons (Fsp3) is 0.583. The molecule has 4 nitrogen and oxygen atoms in total. The Morgan fingerprint density at radius 1 is 1.41 bits per heavy atom. The number of aromatic carboxylic acids is 1. The van der Waals surface area contributed by atoms with E-state index in [0.29, 0.717) is 16.0 Å². The van der Waals surface area contributed by atoms with Crippen LogP contribution in [0.5, 0.6) is 0 Å². The third-order valence-electron chi connectivity index (χ3n) is 2.61. The molecule has 1 aromatic rings. The van der Waals surface area contributed by atoms with E-state index in [1.807, 2.05) is 13.8 Å². The number of rotatable bonds is 4. The van der Waals surface area contributed by atoms with Gasteiger partial charge in [-0.3, -0.25) is 0 Å². The molecule has 1 heterocycles. The fourth-order valence-corrected chi connectivity index (χ4v) is 2.69. The lowest BCUT2D eigenvalue weighted by Gasteiger charge is -2.11. The number of thioether (sulfide) groups is 1. The third-order valence-corrected chi connectivity index (χ3v) is 3.93. The molecule has 0 aliphatic heterocycles. The first-order chi connectivity index (χ1) is 7.99. The molecule has 17 heavy (non-hydrogen) atoms. The maximum absolute atomic E-state index is 11.2. The van der Waals surface area contributed by atoms with Gasteiger partial charge in [-0.2, -0.15) is 0 Å². The van der Waals surface area contributed by atoms with Gasteiger partial charge in [0, 0.05) is 11.2 Å². The number of carboxylic acid groups (broad SMARTS) is 1. The van der Waals surface area contributed by atoms with E-state index in [4.69, 9.17) is 0 Å². The highest BCUT2D eigenvalue weighted by Gasteiger charge is 2.27. The first kappa shape index (κ1) is 12.4. The molecule has 0 amide bonds. The summed E-state index contributed by atoms with van der Waals surface area (Å²) in [5.41, 5.74) is 0.839. The van der Waals surface area contributed by atoms with Crippen LogP contribution in [0.4, 0.5) is 0 Å². The molecule has 0 aromatic carbocycles. The zero-order chi connectivity index (χ0) is 12.6. The van der Waals surface area contributed by atoms with Crippen LogP contribution < -0.4 is 0 Å². The summed E-state index contributed by atoms with van der Waals surface area (Å²) < 4.78 is 0. The van der Waals surface area contributed by atoms with Gasteiger partial charge in [-0.15, -0.1) is 11.8 Å². The second kappa shape index (κ2) is 4.64. The van der Waals surface area contributed by atoms with E-state index < -0.39 is 5.97 Å². The number of aromatic nitrogens is 2. The Labute approximate surface area is 105 Å². The quantitative estimate of drug-likeness (QED) is 0.835. The van der Waals surface area contributed by atoms with Crippen molar-refractivity contribution < 1.29 is 9.90 Å². The van der Waals surface area contributed by atoms with E-state index in [-0.39, 0.29) is 11.5 Å². The Hall–Kier alpha value is -1.10. The molecule has 1 aliphatic rings. The second-order valence-electron chi connectivity index (χ2n) is 4.62. The average molecular weight is 252 g/mol. The first-order valence-corrected chi connectivity index (χ1v) is 6.65. The highest BCUT2D eigenvalue weighted by molar-refractivity contribution is 8.00. The lowest BCUT2D eigenvalue weighted by Crippen LogP contribution is -2.10. The van der Waals surface area contributed by atoms with Crippen molar-refractivity contribution in [2.75, 3.05) is 0 Å². The Bertz CT molecular complexity index is 456. The molecule has 1 aromatic heterocycles. The fourth-order valence-electron chi connectivity index (χ4n) is 1.50. The first-order valence-electron chi connectivity index (χ1n) is 5.77. The zero-order valence-electron chi connectivity index (χ0n) is 10.2. The Morgan fingerprint density at radius 2 is 2.06 bits per heavy atom. The van der Waals surface area contributed by atoms with E-state index in [1.54, 1.807) is 18.7 Å². The van der Waals surface area contributed by atoms with Crippen LogP contribution in [0.3, 0.4) is 0 Å². The summed E-state index contributed by atoms with van der Waals surface area (Å²) in [6.45, 7) is 5.77. The van der Waals surface area contributed by atoms with Crippen LogP contribution >= 0.6 is 11.8 Å². The van der Waals surface area contributed by atoms with Crippen LogP contribution in [0.2, 0.25) is 0 Å². The minimum Gasteiger partial charge on any atom is -0.478 e. The smallest absolute Gasteiger partial charge is 0.340 e. The standard InChI is InChI=1S/C12H16N2O2S/c1-6(2)10-13-7(3)9(12(15)16)11(14-10)17-8-4-5-8/h6,8H,4-5H2,1-3H3,(H,15,16). The van der Waals surface area contributed by atoms with Gasteiger partial charge in [0.05, 0.1) is 5.69 Å². The van der Waals surface area contributed by atoms with Gasteiger partial charge in [0.2, 0.25) is 0 Å². The SMILES string of the molecule is Cc1nc(C(C)C)nc(SC2CC2)c1C(=O)O. The van der Waals surface area contributed by atoms with Crippen LogP contribution in [-0.4, -0.2) is 26.3 Å². The number of carbonyl (C=O) groups is 1. The van der Waals surface area contributed by atoms with Gasteiger partial charge >= 0.3 is 5.97 Å². The predicted molar refractivity (Wildman–Crippen MR) is 66.7 cm³/mol. The topological polar surface area (TPSA) is 63.1 Å². The summed E-state index contributed by atoms with van der Waals surface area (Å²) in [6.07, 6.45) is 2.31. The van der Waals surface area contributed by atoms with Crippen molar-refractivity contribution in [3.05, 3.63) is 17.1 Å². The van der Waals surface area contributed by atoms with Crippen molar-refractivity contribution in [3.8, 4) is 0 Å². The van der Waals surface area contributed by atoms with Crippen LogP contribution in [0.15, 0.2) is 5.03 Å². The zero-order valence-corrected chi connectivity index (χ0v) is 11.0. The second-order valence-corrected chi connectivity index (χ2v) is 5.91. The summed E-state index contributed by atoms with van der Waals surface area (Å²) in [6, 6.07) is 0. The van der Waals surface area contributed by atoms with Gasteiger partial charge in [0.15, 0.2) is 0 Å². The van der Waals surface area contributed by atoms with Gasteiger partial charge < -0.3 is 5.11 Å². The Kier molecular flexibility index (Phi) is 3.38. The molecule has 0 unspecified atom stereocenters. The molecule has 1 aliphatic carbocycles. The van der Waals surface area contributed by atoms with E-state index in [1.165, 1.54) is 0 Å². The third kappa shape index (κ3) is 2.77. The van der Waals surface area contributed by atoms with Crippen molar-refractivity contribution in [1.82, 2.24) is 9.97 Å². The highest BCUT2D eigenvalue weighted by atomic mass is 32.2. The van der Waals surface area contributed by atoms with Gasteiger partial charge in [-0.1, -0.05) is 13.8 Å². The van der Waals surface area contributed by atoms with Crippen molar-refractivity contribution in [3.63, 3.8) is 0 Å². The number of carboxylic acids is 1. The van der Waals surface area contributed by atoms with Crippen LogP contribution in [0.1, 0.15) is 54.5 Å². The molecule has 2 rings (SSSR count). The van der Waals surface area contributed by atoms with Gasteiger partial charge in [0.25, 0.3) is 0 Å². The van der Waals surface area contributed by atoms with Crippen molar-refractivity contribution >= 4 is 17.7 Å². The molecular weight excluding hydrogens is 236 g/mol. The van der Waals surface area contributed by atoms with E-state index >= 15 is 0 Å². The molecule has 92 valence electrons. The maximum atomic E-state index is 11.2. The Morgan fingerprint density at radius 3 is 2.53 bits per heavy atom. The summed E-state index contributed by atoms with van der Waals surface area (Å²) in [7, 11) is 0. The minimum absolute atomic E-state index is 0.218. The molecule has 0 bridgehead atoms. The molecule has 0 radical (unpaired) electrons. The molecule has 5 heteroatoms. The predicted octanol–water partition coefficient (Wildman–Crippen LogP) is 2.86. The van der Waals surface area contributed by atoms with Gasteiger partial charge in [0.1, 0.15) is 16.4 Å².